The summed E-state index contributed by atoms with van der Waals surface area (Å²) in [7, 11) is -8.82. The van der Waals surface area contributed by atoms with Crippen LogP contribution < -0.4 is 19.1 Å². The summed E-state index contributed by atoms with van der Waals surface area (Å²) in [6, 6.07) is 6.18. The predicted molar refractivity (Wildman–Crippen MR) is 192 cm³/mol. The first-order valence-electron chi connectivity index (χ1n) is 14.4. The first-order valence-corrected chi connectivity index (χ1v) is 19.1. The van der Waals surface area contributed by atoms with Crippen LogP contribution in [0, 0.1) is 0 Å². The molecule has 0 saturated carbocycles. The largest absolute Gasteiger partial charge is 0.748 e. The normalized spacial score (nSPS) is 13.7. The van der Waals surface area contributed by atoms with Crippen LogP contribution in [0.15, 0.2) is 46.7 Å². The van der Waals surface area contributed by atoms with Crippen molar-refractivity contribution in [3.8, 4) is 5.75 Å². The molecular formula is C31H43Cl4N3O8S2. The van der Waals surface area contributed by atoms with Gasteiger partial charge in [-0.15, -0.1) is 0 Å². The van der Waals surface area contributed by atoms with Gasteiger partial charge >= 0.3 is 5.89 Å². The van der Waals surface area contributed by atoms with Crippen molar-refractivity contribution in [3.05, 3.63) is 68.3 Å². The molecule has 3 aromatic rings. The molecule has 1 aromatic heterocycles. The first kappa shape index (κ1) is 44.0. The topological polar surface area (TPSA) is 148 Å². The fourth-order valence-electron chi connectivity index (χ4n) is 4.67. The highest BCUT2D eigenvalue weighted by atomic mass is 35.5. The number of aryl methyl sites for hydroxylation is 1. The minimum atomic E-state index is -4.41. The van der Waals surface area contributed by atoms with Crippen molar-refractivity contribution >= 4 is 89.5 Å². The standard InChI is InChI=1S/C23H20Cl4N2O8S2.C6H15N.2CH4/c24-14-10-18-20(12-16(14)26)36-22(28(18)6-2-8-38(30,31)32)4-1-5-23-29(7-3-9-39(33,34)35)19-11-15(25)17(27)13-21(19)37-23;1-4-7(5-2)6-3;;/h1,4-5,10-13H,2-3,6-9H2,(H-,30,31,32,33,34,35);4-6H2,1-3H3;2*1H4. The second-order valence-electron chi connectivity index (χ2n) is 10.2. The molecule has 270 valence electrons. The van der Waals surface area contributed by atoms with Gasteiger partial charge in [0.1, 0.15) is 0 Å². The van der Waals surface area contributed by atoms with E-state index in [2.05, 4.69) is 20.8 Å². The molecule has 4 rings (SSSR count). The summed E-state index contributed by atoms with van der Waals surface area (Å²) in [5, 5.41) is 1.04. The SMILES string of the molecule is C.C.CC[NH+](CC)CC.O=S(=O)([O-])CCCN1C(=CC=Cc2oc3cc(Cl)c(Cl)cc3[n+]2CCCS(=O)(=O)[O-])Oc2cc(Cl)c(Cl)cc21. The number of fused-ring (bicyclic) bond motifs is 2. The van der Waals surface area contributed by atoms with Gasteiger partial charge in [-0.2, -0.15) is 4.57 Å². The Balaban J connectivity index is 0.00000116. The molecule has 0 unspecified atom stereocenters. The van der Waals surface area contributed by atoms with E-state index < -0.39 is 31.7 Å². The van der Waals surface area contributed by atoms with Crippen LogP contribution in [0.3, 0.4) is 0 Å². The van der Waals surface area contributed by atoms with Crippen LogP contribution in [-0.2, 0) is 26.8 Å². The van der Waals surface area contributed by atoms with Crippen molar-refractivity contribution in [2.45, 2.75) is 55.0 Å². The van der Waals surface area contributed by atoms with Crippen LogP contribution in [0.5, 0.6) is 5.75 Å². The summed E-state index contributed by atoms with van der Waals surface area (Å²) >= 11 is 24.5. The number of benzene rings is 2. The Labute approximate surface area is 304 Å². The first-order chi connectivity index (χ1) is 21.6. The molecule has 1 aliphatic rings. The quantitative estimate of drug-likeness (QED) is 0.159. The summed E-state index contributed by atoms with van der Waals surface area (Å²) < 4.78 is 80.0. The molecule has 0 radical (unpaired) electrons. The Kier molecular flexibility index (Phi) is 17.7. The van der Waals surface area contributed by atoms with E-state index in [0.29, 0.717) is 34.3 Å². The van der Waals surface area contributed by atoms with Gasteiger partial charge in [0, 0.05) is 42.7 Å². The van der Waals surface area contributed by atoms with Crippen LogP contribution >= 0.6 is 46.4 Å². The van der Waals surface area contributed by atoms with E-state index in [-0.39, 0.29) is 60.9 Å². The van der Waals surface area contributed by atoms with Crippen molar-refractivity contribution in [2.75, 3.05) is 42.6 Å². The number of anilines is 1. The summed E-state index contributed by atoms with van der Waals surface area (Å²) in [5.74, 6) is -0.141. The number of aromatic nitrogens is 1. The molecule has 2 heterocycles. The minimum absolute atomic E-state index is 0. The molecule has 48 heavy (non-hydrogen) atoms. The zero-order valence-corrected chi connectivity index (χ0v) is 30.1. The highest BCUT2D eigenvalue weighted by Crippen LogP contribution is 2.43. The predicted octanol–water partition coefficient (Wildman–Crippen LogP) is 6.16. The van der Waals surface area contributed by atoms with Crippen LogP contribution in [0.2, 0.25) is 20.1 Å². The summed E-state index contributed by atoms with van der Waals surface area (Å²) in [6.45, 7) is 10.8. The number of ether oxygens (including phenoxy) is 1. The van der Waals surface area contributed by atoms with Crippen LogP contribution in [0.25, 0.3) is 17.2 Å². The van der Waals surface area contributed by atoms with Gasteiger partial charge in [0.05, 0.1) is 71.7 Å². The maximum atomic E-state index is 11.1. The van der Waals surface area contributed by atoms with Gasteiger partial charge in [-0.25, -0.2) is 16.8 Å². The number of halogens is 4. The van der Waals surface area contributed by atoms with Crippen LogP contribution in [-0.4, -0.2) is 63.6 Å². The van der Waals surface area contributed by atoms with Gasteiger partial charge in [0.25, 0.3) is 5.52 Å². The van der Waals surface area contributed by atoms with E-state index in [9.17, 15) is 25.9 Å². The number of oxazole rings is 1. The third-order valence-corrected chi connectivity index (χ3v) is 10.1. The fraction of sp³-hybridized carbons (Fsp3) is 0.452. The van der Waals surface area contributed by atoms with Gasteiger partial charge in [-0.1, -0.05) is 61.3 Å². The molecule has 0 atom stereocenters. The maximum absolute atomic E-state index is 11.1. The van der Waals surface area contributed by atoms with Gasteiger partial charge < -0.3 is 28.1 Å². The number of nitrogens with one attached hydrogen (secondary N) is 1. The number of allylic oxidation sites excluding steroid dienone is 2. The second kappa shape index (κ2) is 19.4. The van der Waals surface area contributed by atoms with Gasteiger partial charge in [0.2, 0.25) is 11.5 Å². The summed E-state index contributed by atoms with van der Waals surface area (Å²) in [6.07, 6.45) is 4.80. The number of nitrogens with zero attached hydrogens (tertiary/aromatic N) is 2. The fourth-order valence-corrected chi connectivity index (χ4v) is 6.25. The highest BCUT2D eigenvalue weighted by molar-refractivity contribution is 7.85. The van der Waals surface area contributed by atoms with Gasteiger partial charge in [0.15, 0.2) is 12.3 Å². The Morgan fingerprint density at radius 3 is 1.94 bits per heavy atom. The van der Waals surface area contributed by atoms with E-state index in [0.717, 1.165) is 0 Å². The number of quaternary nitrogens is 1. The van der Waals surface area contributed by atoms with Crippen LogP contribution in [0.1, 0.15) is 54.4 Å². The Morgan fingerprint density at radius 1 is 0.833 bits per heavy atom. The molecule has 1 aliphatic heterocycles. The summed E-state index contributed by atoms with van der Waals surface area (Å²) in [4.78, 5) is 3.33. The van der Waals surface area contributed by atoms with E-state index in [1.165, 1.54) is 31.8 Å². The van der Waals surface area contributed by atoms with Crippen molar-refractivity contribution in [1.82, 2.24) is 0 Å². The lowest BCUT2D eigenvalue weighted by molar-refractivity contribution is -0.894. The van der Waals surface area contributed by atoms with Crippen molar-refractivity contribution in [3.63, 3.8) is 0 Å². The minimum Gasteiger partial charge on any atom is -0.748 e. The molecule has 11 nitrogen and oxygen atoms in total. The van der Waals surface area contributed by atoms with Gasteiger partial charge in [-0.05, 0) is 45.4 Å². The molecule has 0 amide bonds. The zero-order valence-electron chi connectivity index (χ0n) is 25.4. The van der Waals surface area contributed by atoms with Crippen LogP contribution in [0.4, 0.5) is 5.69 Å². The van der Waals surface area contributed by atoms with E-state index >= 15 is 0 Å². The highest BCUT2D eigenvalue weighted by Gasteiger charge is 2.28. The average Bonchev–Trinajstić information content (AvgIpc) is 3.46. The molecular weight excluding hydrogens is 748 g/mol. The molecule has 0 bridgehead atoms. The Morgan fingerprint density at radius 2 is 1.38 bits per heavy atom. The lowest BCUT2D eigenvalue weighted by Crippen LogP contribution is -3.11. The Bertz CT molecular complexity index is 1800. The maximum Gasteiger partial charge on any atom is 0.374 e. The monoisotopic (exact) mass is 789 g/mol. The van der Waals surface area contributed by atoms with Gasteiger partial charge in [-0.3, -0.25) is 0 Å². The number of hydrogen-bond acceptors (Lipinski definition) is 9. The molecule has 2 aromatic carbocycles. The van der Waals surface area contributed by atoms with Crippen molar-refractivity contribution in [2.24, 2.45) is 0 Å². The Hall–Kier alpha value is -2.07. The third-order valence-electron chi connectivity index (χ3n) is 7.08. The molecule has 1 N–H and O–H groups in total. The molecule has 17 heteroatoms. The van der Waals surface area contributed by atoms with E-state index in [4.69, 9.17) is 55.6 Å². The van der Waals surface area contributed by atoms with Crippen molar-refractivity contribution in [1.29, 1.82) is 0 Å². The summed E-state index contributed by atoms with van der Waals surface area (Å²) in [5.41, 5.74) is 1.46. The number of hydrogen-bond donors (Lipinski definition) is 1. The van der Waals surface area contributed by atoms with E-state index in [1.54, 1.807) is 44.7 Å². The average molecular weight is 792 g/mol. The third kappa shape index (κ3) is 12.7. The lowest BCUT2D eigenvalue weighted by atomic mass is 10.2. The van der Waals surface area contributed by atoms with E-state index in [1.807, 2.05) is 0 Å². The second-order valence-corrected chi connectivity index (χ2v) is 14.9. The smallest absolute Gasteiger partial charge is 0.374 e. The van der Waals surface area contributed by atoms with Crippen molar-refractivity contribution < 1.29 is 44.6 Å². The molecule has 0 fully saturated rings. The molecule has 0 spiro atoms. The molecule has 0 saturated heterocycles. The lowest BCUT2D eigenvalue weighted by Gasteiger charge is -2.18. The molecule has 0 aliphatic carbocycles. The zero-order chi connectivity index (χ0) is 34.2. The number of rotatable bonds is 13.